The van der Waals surface area contributed by atoms with Crippen LogP contribution < -0.4 is 14.8 Å². The largest absolute Gasteiger partial charge is 0.573 e. The van der Waals surface area contributed by atoms with E-state index in [-0.39, 0.29) is 24.4 Å². The summed E-state index contributed by atoms with van der Waals surface area (Å²) in [7, 11) is -4.10. The van der Waals surface area contributed by atoms with Crippen LogP contribution in [0.25, 0.3) is 0 Å². The van der Waals surface area contributed by atoms with E-state index in [1.807, 2.05) is 6.92 Å². The second-order valence-corrected chi connectivity index (χ2v) is 6.87. The molecule has 132 valence electrons. The zero-order valence-corrected chi connectivity index (χ0v) is 13.9. The molecule has 0 aromatic heterocycles. The summed E-state index contributed by atoms with van der Waals surface area (Å²) in [5.74, 6) is -0.691. The number of hydrogen-bond acceptors (Lipinski definition) is 4. The van der Waals surface area contributed by atoms with Gasteiger partial charge in [0.15, 0.2) is 0 Å². The van der Waals surface area contributed by atoms with E-state index in [2.05, 4.69) is 14.8 Å². The third-order valence-electron chi connectivity index (χ3n) is 3.46. The Morgan fingerprint density at radius 3 is 2.57 bits per heavy atom. The van der Waals surface area contributed by atoms with Gasteiger partial charge in [-0.1, -0.05) is 19.1 Å². The lowest BCUT2D eigenvalue weighted by atomic mass is 9.97. The summed E-state index contributed by atoms with van der Waals surface area (Å²) < 4.78 is 68.2. The molecule has 5 nitrogen and oxygen atoms in total. The van der Waals surface area contributed by atoms with E-state index in [4.69, 9.17) is 0 Å². The summed E-state index contributed by atoms with van der Waals surface area (Å²) in [5.41, 5.74) is 0. The van der Waals surface area contributed by atoms with Gasteiger partial charge in [-0.25, -0.2) is 13.1 Å². The summed E-state index contributed by atoms with van der Waals surface area (Å²) in [5, 5.41) is 3.12. The van der Waals surface area contributed by atoms with Gasteiger partial charge in [0.1, 0.15) is 10.6 Å². The van der Waals surface area contributed by atoms with Gasteiger partial charge in [-0.05, 0) is 37.6 Å². The Morgan fingerprint density at radius 1 is 1.30 bits per heavy atom. The zero-order chi connectivity index (χ0) is 16.4. The van der Waals surface area contributed by atoms with E-state index in [1.165, 1.54) is 12.1 Å². The smallest absolute Gasteiger partial charge is 0.404 e. The van der Waals surface area contributed by atoms with Crippen LogP contribution in [0.4, 0.5) is 13.2 Å². The molecule has 1 aliphatic heterocycles. The van der Waals surface area contributed by atoms with Crippen LogP contribution in [0.1, 0.15) is 13.3 Å². The monoisotopic (exact) mass is 374 g/mol. The van der Waals surface area contributed by atoms with Crippen LogP contribution in [0, 0.1) is 5.92 Å². The Labute approximate surface area is 139 Å². The van der Waals surface area contributed by atoms with Crippen molar-refractivity contribution in [2.45, 2.75) is 30.6 Å². The molecule has 2 rings (SSSR count). The quantitative estimate of drug-likeness (QED) is 0.848. The zero-order valence-electron chi connectivity index (χ0n) is 12.3. The lowest BCUT2D eigenvalue weighted by Crippen LogP contribution is -2.48. The molecule has 2 atom stereocenters. The number of nitrogens with one attached hydrogen (secondary N) is 2. The first kappa shape index (κ1) is 20.0. The van der Waals surface area contributed by atoms with Crippen LogP contribution in [0.2, 0.25) is 0 Å². The van der Waals surface area contributed by atoms with Crippen LogP contribution >= 0.6 is 12.4 Å². The highest BCUT2D eigenvalue weighted by molar-refractivity contribution is 7.89. The maximum atomic E-state index is 12.4. The number of hydrogen-bond donors (Lipinski definition) is 2. The molecule has 0 spiro atoms. The molecule has 0 bridgehead atoms. The van der Waals surface area contributed by atoms with Crippen molar-refractivity contribution >= 4 is 22.4 Å². The second kappa shape index (κ2) is 7.69. The highest BCUT2D eigenvalue weighted by atomic mass is 35.5. The number of alkyl halides is 3. The fourth-order valence-electron chi connectivity index (χ4n) is 2.33. The fraction of sp³-hybridized carbons (Fsp3) is 0.538. The van der Waals surface area contributed by atoms with Crippen molar-refractivity contribution in [3.63, 3.8) is 0 Å². The lowest BCUT2D eigenvalue weighted by molar-refractivity contribution is -0.275. The molecular formula is C13H18ClF3N2O3S. The normalized spacial score (nSPS) is 22.3. The van der Waals surface area contributed by atoms with Crippen LogP contribution in [-0.4, -0.2) is 33.9 Å². The van der Waals surface area contributed by atoms with Crippen LogP contribution in [0.15, 0.2) is 29.2 Å². The standard InChI is InChI=1S/C13H17F3N2O3S.ClH/c1-9-8-17-7-6-10(9)18-22(19,20)12-5-3-2-4-11(12)21-13(14,15)16;/h2-5,9-10,17-18H,6-8H2,1H3;1H. The average Bonchev–Trinajstić information content (AvgIpc) is 2.40. The van der Waals surface area contributed by atoms with Crippen molar-refractivity contribution < 1.29 is 26.3 Å². The van der Waals surface area contributed by atoms with Crippen molar-refractivity contribution in [3.8, 4) is 5.75 Å². The summed E-state index contributed by atoms with van der Waals surface area (Å²) in [6.45, 7) is 3.17. The van der Waals surface area contributed by atoms with Gasteiger partial charge in [0.05, 0.1) is 0 Å². The average molecular weight is 375 g/mol. The van der Waals surface area contributed by atoms with Crippen molar-refractivity contribution in [2.24, 2.45) is 5.92 Å². The Morgan fingerprint density at radius 2 is 1.96 bits per heavy atom. The first-order valence-electron chi connectivity index (χ1n) is 6.77. The molecular weight excluding hydrogens is 357 g/mol. The molecule has 0 amide bonds. The van der Waals surface area contributed by atoms with Gasteiger partial charge in [0, 0.05) is 6.04 Å². The molecule has 1 fully saturated rings. The van der Waals surface area contributed by atoms with Gasteiger partial charge in [0.25, 0.3) is 0 Å². The molecule has 1 heterocycles. The number of ether oxygens (including phenoxy) is 1. The van der Waals surface area contributed by atoms with Crippen molar-refractivity contribution in [1.29, 1.82) is 0 Å². The molecule has 2 unspecified atom stereocenters. The van der Waals surface area contributed by atoms with E-state index in [0.717, 1.165) is 12.1 Å². The predicted octanol–water partition coefficient (Wildman–Crippen LogP) is 2.28. The maximum absolute atomic E-state index is 12.4. The number of benzene rings is 1. The number of piperidine rings is 1. The van der Waals surface area contributed by atoms with Gasteiger partial charge >= 0.3 is 6.36 Å². The van der Waals surface area contributed by atoms with Crippen LogP contribution in [-0.2, 0) is 10.0 Å². The van der Waals surface area contributed by atoms with Crippen LogP contribution in [0.5, 0.6) is 5.75 Å². The van der Waals surface area contributed by atoms with Crippen molar-refractivity contribution in [1.82, 2.24) is 10.0 Å². The molecule has 1 aromatic rings. The molecule has 23 heavy (non-hydrogen) atoms. The molecule has 1 aromatic carbocycles. The Hall–Kier alpha value is -1.03. The number of rotatable bonds is 4. The molecule has 0 aliphatic carbocycles. The highest BCUT2D eigenvalue weighted by Crippen LogP contribution is 2.29. The summed E-state index contributed by atoms with van der Waals surface area (Å²) in [6, 6.07) is 4.38. The van der Waals surface area contributed by atoms with Gasteiger partial charge in [-0.3, -0.25) is 0 Å². The van der Waals surface area contributed by atoms with Gasteiger partial charge in [0.2, 0.25) is 10.0 Å². The minimum atomic E-state index is -4.95. The number of sulfonamides is 1. The van der Waals surface area contributed by atoms with Crippen molar-refractivity contribution in [2.75, 3.05) is 13.1 Å². The third-order valence-corrected chi connectivity index (χ3v) is 4.99. The minimum Gasteiger partial charge on any atom is -0.404 e. The van der Waals surface area contributed by atoms with Gasteiger partial charge < -0.3 is 10.1 Å². The number of halogens is 4. The van der Waals surface area contributed by atoms with E-state index in [1.54, 1.807) is 0 Å². The van der Waals surface area contributed by atoms with Gasteiger partial charge in [-0.2, -0.15) is 0 Å². The molecule has 0 saturated carbocycles. The molecule has 1 aliphatic rings. The van der Waals surface area contributed by atoms with E-state index in [9.17, 15) is 21.6 Å². The molecule has 2 N–H and O–H groups in total. The lowest BCUT2D eigenvalue weighted by Gasteiger charge is -2.30. The number of para-hydroxylation sites is 1. The first-order valence-corrected chi connectivity index (χ1v) is 8.25. The summed E-state index contributed by atoms with van der Waals surface area (Å²) >= 11 is 0. The second-order valence-electron chi connectivity index (χ2n) is 5.19. The predicted molar refractivity (Wildman–Crippen MR) is 81.1 cm³/mol. The Kier molecular flexibility index (Phi) is 6.70. The van der Waals surface area contributed by atoms with Crippen LogP contribution in [0.3, 0.4) is 0 Å². The first-order chi connectivity index (χ1) is 10.2. The molecule has 0 radical (unpaired) electrons. The molecule has 1 saturated heterocycles. The van der Waals surface area contributed by atoms with E-state index < -0.39 is 27.0 Å². The Balaban J connectivity index is 0.00000264. The minimum absolute atomic E-state index is 0. The summed E-state index contributed by atoms with van der Waals surface area (Å²) in [4.78, 5) is -0.516. The fourth-order valence-corrected chi connectivity index (χ4v) is 3.84. The Bertz CT molecular complexity index is 625. The van der Waals surface area contributed by atoms with Gasteiger partial charge in [-0.15, -0.1) is 25.6 Å². The SMILES string of the molecule is CC1CNCCC1NS(=O)(=O)c1ccccc1OC(F)(F)F.Cl. The molecule has 10 heteroatoms. The van der Waals surface area contributed by atoms with E-state index in [0.29, 0.717) is 19.5 Å². The maximum Gasteiger partial charge on any atom is 0.573 e. The third kappa shape index (κ3) is 5.52. The van der Waals surface area contributed by atoms with Crippen molar-refractivity contribution in [3.05, 3.63) is 24.3 Å². The topological polar surface area (TPSA) is 67.4 Å². The highest BCUT2D eigenvalue weighted by Gasteiger charge is 2.35. The van der Waals surface area contributed by atoms with E-state index >= 15 is 0 Å². The summed E-state index contributed by atoms with van der Waals surface area (Å²) in [6.07, 6.45) is -4.38.